The second kappa shape index (κ2) is 4.97. The molecule has 98 valence electrons. The van der Waals surface area contributed by atoms with Gasteiger partial charge in [0.1, 0.15) is 6.10 Å². The number of rotatable bonds is 3. The number of carbonyl (C=O) groups is 1. The van der Waals surface area contributed by atoms with Gasteiger partial charge in [0.25, 0.3) is 0 Å². The van der Waals surface area contributed by atoms with Crippen molar-refractivity contribution < 1.29 is 17.9 Å². The van der Waals surface area contributed by atoms with E-state index in [1.807, 2.05) is 30.3 Å². The highest BCUT2D eigenvalue weighted by molar-refractivity contribution is 7.91. The highest BCUT2D eigenvalue weighted by Gasteiger charge is 2.39. The zero-order valence-corrected chi connectivity index (χ0v) is 10.8. The summed E-state index contributed by atoms with van der Waals surface area (Å²) in [6, 6.07) is 8.88. The molecule has 0 amide bonds. The topological polar surface area (TPSA) is 72.5 Å². The van der Waals surface area contributed by atoms with Gasteiger partial charge in [-0.25, -0.2) is 8.42 Å². The second-order valence-corrected chi connectivity index (χ2v) is 6.50. The third-order valence-corrected chi connectivity index (χ3v) is 4.45. The van der Waals surface area contributed by atoms with Crippen LogP contribution in [0.1, 0.15) is 6.92 Å². The summed E-state index contributed by atoms with van der Waals surface area (Å²) in [7, 11) is -3.15. The first-order valence-corrected chi connectivity index (χ1v) is 7.48. The molecule has 2 rings (SSSR count). The lowest BCUT2D eigenvalue weighted by Gasteiger charge is -2.20. The van der Waals surface area contributed by atoms with E-state index in [4.69, 9.17) is 4.74 Å². The lowest BCUT2D eigenvalue weighted by atomic mass is 10.2. The van der Waals surface area contributed by atoms with E-state index in [2.05, 4.69) is 5.32 Å². The fourth-order valence-corrected chi connectivity index (χ4v) is 3.81. The number of anilines is 1. The molecule has 1 fully saturated rings. The van der Waals surface area contributed by atoms with Gasteiger partial charge in [-0.05, 0) is 12.1 Å². The molecule has 0 unspecified atom stereocenters. The van der Waals surface area contributed by atoms with Crippen molar-refractivity contribution >= 4 is 21.5 Å². The van der Waals surface area contributed by atoms with Gasteiger partial charge in [-0.15, -0.1) is 0 Å². The fraction of sp³-hybridized carbons (Fsp3) is 0.417. The van der Waals surface area contributed by atoms with Crippen LogP contribution in [-0.4, -0.2) is 38.0 Å². The third-order valence-electron chi connectivity index (χ3n) is 2.74. The van der Waals surface area contributed by atoms with Crippen LogP contribution in [0.3, 0.4) is 0 Å². The largest absolute Gasteiger partial charge is 0.459 e. The summed E-state index contributed by atoms with van der Waals surface area (Å²) in [5, 5.41) is 3.10. The Kier molecular flexibility index (Phi) is 3.56. The summed E-state index contributed by atoms with van der Waals surface area (Å²) >= 11 is 0. The number of carbonyl (C=O) groups excluding carboxylic acids is 1. The van der Waals surface area contributed by atoms with Crippen molar-refractivity contribution in [2.45, 2.75) is 19.1 Å². The summed E-state index contributed by atoms with van der Waals surface area (Å²) in [6.45, 7) is 1.28. The highest BCUT2D eigenvalue weighted by atomic mass is 32.2. The van der Waals surface area contributed by atoms with Gasteiger partial charge in [0, 0.05) is 12.6 Å². The molecule has 1 aliphatic heterocycles. The second-order valence-electron chi connectivity index (χ2n) is 4.34. The Hall–Kier alpha value is -1.56. The Balaban J connectivity index is 2.12. The number of ether oxygens (including phenoxy) is 1. The summed E-state index contributed by atoms with van der Waals surface area (Å²) in [5.74, 6) is -0.589. The van der Waals surface area contributed by atoms with Crippen molar-refractivity contribution in [1.29, 1.82) is 0 Å². The van der Waals surface area contributed by atoms with Gasteiger partial charge in [-0.2, -0.15) is 0 Å². The normalized spacial score (nSPS) is 25.6. The molecule has 5 nitrogen and oxygen atoms in total. The molecule has 1 aromatic rings. The Morgan fingerprint density at radius 3 is 2.56 bits per heavy atom. The van der Waals surface area contributed by atoms with Gasteiger partial charge >= 0.3 is 5.97 Å². The summed E-state index contributed by atoms with van der Waals surface area (Å²) in [5.41, 5.74) is 0.816. The molecule has 6 heteroatoms. The first-order valence-electron chi connectivity index (χ1n) is 5.65. The molecule has 0 bridgehead atoms. The van der Waals surface area contributed by atoms with Crippen LogP contribution in [0.4, 0.5) is 5.69 Å². The van der Waals surface area contributed by atoms with Crippen molar-refractivity contribution in [3.8, 4) is 0 Å². The molecule has 2 atom stereocenters. The van der Waals surface area contributed by atoms with Gasteiger partial charge in [0.05, 0.1) is 17.5 Å². The van der Waals surface area contributed by atoms with Gasteiger partial charge in [-0.1, -0.05) is 18.2 Å². The lowest BCUT2D eigenvalue weighted by molar-refractivity contribution is -0.145. The number of nitrogens with one attached hydrogen (secondary N) is 1. The van der Waals surface area contributed by atoms with Crippen LogP contribution in [0.2, 0.25) is 0 Å². The third kappa shape index (κ3) is 3.22. The summed E-state index contributed by atoms with van der Waals surface area (Å²) < 4.78 is 28.2. The molecule has 1 saturated heterocycles. The van der Waals surface area contributed by atoms with Gasteiger partial charge in [-0.3, -0.25) is 4.79 Å². The van der Waals surface area contributed by atoms with E-state index in [9.17, 15) is 13.2 Å². The van der Waals surface area contributed by atoms with Crippen LogP contribution in [0.5, 0.6) is 0 Å². The molecule has 18 heavy (non-hydrogen) atoms. The SMILES string of the molecule is CC(=O)O[C@@H]1CS(=O)(=O)C[C@@H]1Nc1ccccc1. The van der Waals surface area contributed by atoms with Crippen LogP contribution < -0.4 is 5.32 Å². The molecule has 0 aliphatic carbocycles. The average molecular weight is 269 g/mol. The monoisotopic (exact) mass is 269 g/mol. The predicted octanol–water partition coefficient (Wildman–Crippen LogP) is 0.827. The van der Waals surface area contributed by atoms with E-state index >= 15 is 0 Å². The zero-order valence-electron chi connectivity index (χ0n) is 10.00. The highest BCUT2D eigenvalue weighted by Crippen LogP contribution is 2.20. The maximum Gasteiger partial charge on any atom is 0.303 e. The number of hydrogen-bond acceptors (Lipinski definition) is 5. The van der Waals surface area contributed by atoms with E-state index in [-0.39, 0.29) is 17.5 Å². The van der Waals surface area contributed by atoms with Crippen molar-refractivity contribution in [3.63, 3.8) is 0 Å². The molecule has 1 N–H and O–H groups in total. The molecule has 0 radical (unpaired) electrons. The molecule has 1 heterocycles. The van der Waals surface area contributed by atoms with Crippen LogP contribution in [0, 0.1) is 0 Å². The van der Waals surface area contributed by atoms with Gasteiger partial charge in [0.15, 0.2) is 9.84 Å². The number of esters is 1. The number of sulfone groups is 1. The maximum absolute atomic E-state index is 11.6. The van der Waals surface area contributed by atoms with Crippen LogP contribution in [0.15, 0.2) is 30.3 Å². The number of para-hydroxylation sites is 1. The molecule has 0 aromatic heterocycles. The van der Waals surface area contributed by atoms with E-state index in [0.29, 0.717) is 0 Å². The van der Waals surface area contributed by atoms with E-state index in [0.717, 1.165) is 5.69 Å². The Morgan fingerprint density at radius 2 is 1.94 bits per heavy atom. The predicted molar refractivity (Wildman–Crippen MR) is 68.1 cm³/mol. The molecule has 1 aliphatic rings. The maximum atomic E-state index is 11.6. The summed E-state index contributed by atoms with van der Waals surface area (Å²) in [6.07, 6.45) is -0.618. The Morgan fingerprint density at radius 1 is 1.28 bits per heavy atom. The van der Waals surface area contributed by atoms with Crippen molar-refractivity contribution in [1.82, 2.24) is 0 Å². The molecular weight excluding hydrogens is 254 g/mol. The molecule has 0 saturated carbocycles. The first kappa shape index (κ1) is 12.9. The van der Waals surface area contributed by atoms with Crippen LogP contribution in [0.25, 0.3) is 0 Å². The van der Waals surface area contributed by atoms with E-state index in [1.54, 1.807) is 0 Å². The standard InChI is InChI=1S/C12H15NO4S/c1-9(14)17-12-8-18(15,16)7-11(12)13-10-5-3-2-4-6-10/h2-6,11-13H,7-8H2,1H3/t11-,12+/m0/s1. The van der Waals surface area contributed by atoms with Gasteiger partial charge < -0.3 is 10.1 Å². The Labute approximate surface area is 106 Å². The minimum Gasteiger partial charge on any atom is -0.459 e. The fourth-order valence-electron chi connectivity index (χ4n) is 2.03. The van der Waals surface area contributed by atoms with Crippen molar-refractivity contribution in [3.05, 3.63) is 30.3 Å². The molecular formula is C12H15NO4S. The summed E-state index contributed by atoms with van der Waals surface area (Å²) in [4.78, 5) is 11.0. The molecule has 0 spiro atoms. The first-order chi connectivity index (χ1) is 8.46. The van der Waals surface area contributed by atoms with E-state index < -0.39 is 21.9 Å². The van der Waals surface area contributed by atoms with Crippen LogP contribution in [-0.2, 0) is 19.4 Å². The molecule has 1 aromatic carbocycles. The Bertz CT molecular complexity index is 526. The average Bonchev–Trinajstić information content (AvgIpc) is 2.53. The van der Waals surface area contributed by atoms with Crippen molar-refractivity contribution in [2.75, 3.05) is 16.8 Å². The quantitative estimate of drug-likeness (QED) is 0.823. The number of benzene rings is 1. The smallest absolute Gasteiger partial charge is 0.303 e. The minimum atomic E-state index is -3.15. The van der Waals surface area contributed by atoms with Crippen LogP contribution >= 0.6 is 0 Å². The minimum absolute atomic E-state index is 0.0140. The van der Waals surface area contributed by atoms with Crippen molar-refractivity contribution in [2.24, 2.45) is 0 Å². The number of hydrogen-bond donors (Lipinski definition) is 1. The van der Waals surface area contributed by atoms with E-state index in [1.165, 1.54) is 6.92 Å². The van der Waals surface area contributed by atoms with Gasteiger partial charge in [0.2, 0.25) is 0 Å². The lowest BCUT2D eigenvalue weighted by Crippen LogP contribution is -2.35. The zero-order chi connectivity index (χ0) is 13.2.